The molecule has 8 heteroatoms. The Kier molecular flexibility index (Phi) is 5.38. The number of hydrogen-bond acceptors (Lipinski definition) is 7. The van der Waals surface area contributed by atoms with Crippen LogP contribution in [-0.4, -0.2) is 46.3 Å². The maximum absolute atomic E-state index is 12.9. The van der Waals surface area contributed by atoms with Crippen LogP contribution in [0.2, 0.25) is 0 Å². The molecule has 0 unspecified atom stereocenters. The van der Waals surface area contributed by atoms with E-state index in [1.54, 1.807) is 24.3 Å². The van der Waals surface area contributed by atoms with Gasteiger partial charge in [-0.1, -0.05) is 5.16 Å². The van der Waals surface area contributed by atoms with Gasteiger partial charge in [0.2, 0.25) is 11.7 Å². The average Bonchev–Trinajstić information content (AvgIpc) is 3.16. The third kappa shape index (κ3) is 4.58. The summed E-state index contributed by atoms with van der Waals surface area (Å²) >= 11 is 0. The predicted molar refractivity (Wildman–Crippen MR) is 101 cm³/mol. The Bertz CT molecular complexity index is 891. The molecular formula is C20H21FN4O3. The fourth-order valence-electron chi connectivity index (χ4n) is 3.11. The maximum atomic E-state index is 12.9. The number of halogens is 1. The summed E-state index contributed by atoms with van der Waals surface area (Å²) in [4.78, 5) is 8.91. The number of benzene rings is 2. The van der Waals surface area contributed by atoms with Crippen LogP contribution in [-0.2, 0) is 13.2 Å². The number of rotatable bonds is 6. The Morgan fingerprint density at radius 1 is 1.00 bits per heavy atom. The lowest BCUT2D eigenvalue weighted by atomic mass is 10.2. The molecule has 1 N–H and O–H groups in total. The van der Waals surface area contributed by atoms with E-state index in [2.05, 4.69) is 19.9 Å². The largest absolute Gasteiger partial charge is 0.508 e. The van der Waals surface area contributed by atoms with Crippen molar-refractivity contribution in [2.75, 3.05) is 31.1 Å². The number of ether oxygens (including phenoxy) is 1. The lowest BCUT2D eigenvalue weighted by Gasteiger charge is -2.35. The van der Waals surface area contributed by atoms with Crippen molar-refractivity contribution in [1.82, 2.24) is 15.0 Å². The third-order valence-corrected chi connectivity index (χ3v) is 4.64. The van der Waals surface area contributed by atoms with Gasteiger partial charge in [-0.2, -0.15) is 4.98 Å². The SMILES string of the molecule is Oc1ccc(N2CCN(Cc3nc(COc4ccc(F)cc4)no3)CC2)cc1. The standard InChI is InChI=1S/C20H21FN4O3/c21-15-1-7-18(8-2-15)27-14-19-22-20(28-23-19)13-24-9-11-25(12-10-24)16-3-5-17(26)6-4-16/h1-8,26H,9-14H2. The van der Waals surface area contributed by atoms with E-state index >= 15 is 0 Å². The molecule has 0 bridgehead atoms. The zero-order chi connectivity index (χ0) is 19.3. The normalized spacial score (nSPS) is 15.0. The number of phenolic OH excluding ortho intramolecular Hbond substituents is 1. The topological polar surface area (TPSA) is 74.9 Å². The fraction of sp³-hybridized carbons (Fsp3) is 0.300. The number of aromatic hydroxyl groups is 1. The third-order valence-electron chi connectivity index (χ3n) is 4.64. The van der Waals surface area contributed by atoms with Crippen LogP contribution in [0.3, 0.4) is 0 Å². The number of piperazine rings is 1. The van der Waals surface area contributed by atoms with Gasteiger partial charge < -0.3 is 19.3 Å². The molecule has 0 radical (unpaired) electrons. The summed E-state index contributed by atoms with van der Waals surface area (Å²) in [7, 11) is 0. The number of nitrogens with zero attached hydrogens (tertiary/aromatic N) is 4. The highest BCUT2D eigenvalue weighted by Crippen LogP contribution is 2.20. The molecule has 2 aromatic carbocycles. The van der Waals surface area contributed by atoms with Crippen molar-refractivity contribution >= 4 is 5.69 Å². The Morgan fingerprint density at radius 2 is 1.71 bits per heavy atom. The van der Waals surface area contributed by atoms with Gasteiger partial charge in [-0.05, 0) is 48.5 Å². The van der Waals surface area contributed by atoms with Gasteiger partial charge >= 0.3 is 0 Å². The molecule has 1 aromatic heterocycles. The van der Waals surface area contributed by atoms with Crippen LogP contribution in [0.4, 0.5) is 10.1 Å². The first-order valence-corrected chi connectivity index (χ1v) is 9.12. The van der Waals surface area contributed by atoms with E-state index in [0.717, 1.165) is 31.9 Å². The van der Waals surface area contributed by atoms with Crippen molar-refractivity contribution in [2.45, 2.75) is 13.2 Å². The van der Waals surface area contributed by atoms with E-state index < -0.39 is 0 Å². The number of hydrogen-bond donors (Lipinski definition) is 1. The Labute approximate surface area is 162 Å². The predicted octanol–water partition coefficient (Wildman–Crippen LogP) is 2.82. The second kappa shape index (κ2) is 8.26. The molecule has 3 aromatic rings. The highest BCUT2D eigenvalue weighted by atomic mass is 19.1. The Balaban J connectivity index is 1.25. The van der Waals surface area contributed by atoms with Gasteiger partial charge in [-0.15, -0.1) is 0 Å². The number of phenols is 1. The van der Waals surface area contributed by atoms with Crippen molar-refractivity contribution in [3.8, 4) is 11.5 Å². The monoisotopic (exact) mass is 384 g/mol. The molecule has 0 spiro atoms. The second-order valence-electron chi connectivity index (χ2n) is 6.63. The van der Waals surface area contributed by atoms with E-state index in [1.807, 2.05) is 12.1 Å². The van der Waals surface area contributed by atoms with Crippen LogP contribution in [0.1, 0.15) is 11.7 Å². The highest BCUT2D eigenvalue weighted by molar-refractivity contribution is 5.49. The minimum absolute atomic E-state index is 0.170. The molecule has 1 saturated heterocycles. The maximum Gasteiger partial charge on any atom is 0.240 e. The molecule has 7 nitrogen and oxygen atoms in total. The molecule has 1 fully saturated rings. The minimum atomic E-state index is -0.306. The fourth-order valence-corrected chi connectivity index (χ4v) is 3.11. The summed E-state index contributed by atoms with van der Waals surface area (Å²) in [6.45, 7) is 4.30. The summed E-state index contributed by atoms with van der Waals surface area (Å²) < 4.78 is 23.7. The first-order valence-electron chi connectivity index (χ1n) is 9.12. The molecule has 1 aliphatic heterocycles. The van der Waals surface area contributed by atoms with Crippen molar-refractivity contribution in [1.29, 1.82) is 0 Å². The van der Waals surface area contributed by atoms with E-state index in [9.17, 15) is 9.50 Å². The zero-order valence-electron chi connectivity index (χ0n) is 15.3. The first-order chi connectivity index (χ1) is 13.7. The van der Waals surface area contributed by atoms with Crippen molar-refractivity contribution in [3.05, 3.63) is 66.1 Å². The smallest absolute Gasteiger partial charge is 0.240 e. The van der Waals surface area contributed by atoms with Gasteiger partial charge in [0.15, 0.2) is 6.61 Å². The summed E-state index contributed by atoms with van der Waals surface area (Å²) in [5, 5.41) is 13.3. The van der Waals surface area contributed by atoms with Gasteiger partial charge in [-0.3, -0.25) is 4.90 Å². The van der Waals surface area contributed by atoms with Crippen molar-refractivity contribution < 1.29 is 18.8 Å². The van der Waals surface area contributed by atoms with E-state index in [1.165, 1.54) is 12.1 Å². The van der Waals surface area contributed by atoms with Gasteiger partial charge in [-0.25, -0.2) is 4.39 Å². The lowest BCUT2D eigenvalue weighted by Crippen LogP contribution is -2.46. The van der Waals surface area contributed by atoms with Crippen molar-refractivity contribution in [2.24, 2.45) is 0 Å². The molecular weight excluding hydrogens is 363 g/mol. The zero-order valence-corrected chi connectivity index (χ0v) is 15.3. The van der Waals surface area contributed by atoms with Crippen molar-refractivity contribution in [3.63, 3.8) is 0 Å². The van der Waals surface area contributed by atoms with Crippen LogP contribution < -0.4 is 9.64 Å². The summed E-state index contributed by atoms with van der Waals surface area (Å²) in [6, 6.07) is 13.1. The van der Waals surface area contributed by atoms with Gasteiger partial charge in [0.05, 0.1) is 6.54 Å². The Morgan fingerprint density at radius 3 is 2.43 bits per heavy atom. The highest BCUT2D eigenvalue weighted by Gasteiger charge is 2.19. The van der Waals surface area contributed by atoms with E-state index in [4.69, 9.17) is 9.26 Å². The quantitative estimate of drug-likeness (QED) is 0.700. The molecule has 0 saturated carbocycles. The summed E-state index contributed by atoms with van der Waals surface area (Å²) in [6.07, 6.45) is 0. The first kappa shape index (κ1) is 18.2. The van der Waals surface area contributed by atoms with Crippen LogP contribution in [0.25, 0.3) is 0 Å². The minimum Gasteiger partial charge on any atom is -0.508 e. The number of aromatic nitrogens is 2. The van der Waals surface area contributed by atoms with Gasteiger partial charge in [0.1, 0.15) is 17.3 Å². The number of anilines is 1. The second-order valence-corrected chi connectivity index (χ2v) is 6.63. The average molecular weight is 384 g/mol. The lowest BCUT2D eigenvalue weighted by molar-refractivity contribution is 0.214. The summed E-state index contributed by atoms with van der Waals surface area (Å²) in [5.74, 6) is 1.54. The van der Waals surface area contributed by atoms with Crippen LogP contribution >= 0.6 is 0 Å². The Hall–Kier alpha value is -3.13. The molecule has 28 heavy (non-hydrogen) atoms. The van der Waals surface area contributed by atoms with Crippen LogP contribution in [0, 0.1) is 5.82 Å². The molecule has 146 valence electrons. The summed E-state index contributed by atoms with van der Waals surface area (Å²) in [5.41, 5.74) is 1.11. The molecule has 4 rings (SSSR count). The molecule has 2 heterocycles. The molecule has 0 aliphatic carbocycles. The molecule has 0 atom stereocenters. The molecule has 1 aliphatic rings. The van der Waals surface area contributed by atoms with Crippen LogP contribution in [0.5, 0.6) is 11.5 Å². The molecule has 0 amide bonds. The van der Waals surface area contributed by atoms with E-state index in [-0.39, 0.29) is 18.2 Å². The van der Waals surface area contributed by atoms with Gasteiger partial charge in [0, 0.05) is 31.9 Å². The van der Waals surface area contributed by atoms with E-state index in [0.29, 0.717) is 24.0 Å². The van der Waals surface area contributed by atoms with Gasteiger partial charge in [0.25, 0.3) is 0 Å². The van der Waals surface area contributed by atoms with Crippen LogP contribution in [0.15, 0.2) is 53.1 Å².